The smallest absolute Gasteiger partial charge is 0.374 e. The molecule has 0 spiro atoms. The molecule has 0 saturated heterocycles. The maximum Gasteiger partial charge on any atom is 0.500 e. The van der Waals surface area contributed by atoms with E-state index in [1.54, 1.807) is 12.1 Å². The molecule has 0 bridgehead atoms. The molecule has 0 radical (unpaired) electrons. The van der Waals surface area contributed by atoms with Gasteiger partial charge in [-0.25, -0.2) is 4.39 Å². The molecule has 0 amide bonds. The molecule has 0 unspecified atom stereocenters. The van der Waals surface area contributed by atoms with Crippen LogP contribution < -0.4 is 0 Å². The van der Waals surface area contributed by atoms with Gasteiger partial charge in [-0.2, -0.15) is 0 Å². The Labute approximate surface area is 128 Å². The van der Waals surface area contributed by atoms with Crippen molar-refractivity contribution in [1.29, 1.82) is 0 Å². The van der Waals surface area contributed by atoms with E-state index in [-0.39, 0.29) is 5.82 Å². The average molecular weight is 314 g/mol. The number of halogens is 1. The fourth-order valence-electron chi connectivity index (χ4n) is 2.36. The van der Waals surface area contributed by atoms with Crippen molar-refractivity contribution in [2.24, 2.45) is 0 Å². The molecule has 120 valence electrons. The third-order valence-electron chi connectivity index (χ3n) is 3.18. The zero-order valence-corrected chi connectivity index (χ0v) is 14.4. The van der Waals surface area contributed by atoms with E-state index in [1.165, 1.54) is 6.07 Å². The van der Waals surface area contributed by atoms with E-state index in [2.05, 4.69) is 0 Å². The maximum absolute atomic E-state index is 13.1. The molecular formula is C16H27FO3Si. The molecule has 5 heteroatoms. The molecule has 0 saturated carbocycles. The molecular weight excluding hydrogens is 287 g/mol. The van der Waals surface area contributed by atoms with Crippen LogP contribution in [0.5, 0.6) is 0 Å². The summed E-state index contributed by atoms with van der Waals surface area (Å²) in [6, 6.07) is 7.60. The highest BCUT2D eigenvalue weighted by Crippen LogP contribution is 2.20. The number of hydrogen-bond donors (Lipinski definition) is 0. The van der Waals surface area contributed by atoms with Gasteiger partial charge in [0.2, 0.25) is 0 Å². The highest BCUT2D eigenvalue weighted by atomic mass is 28.4. The van der Waals surface area contributed by atoms with Crippen molar-refractivity contribution in [2.75, 3.05) is 19.8 Å². The highest BCUT2D eigenvalue weighted by molar-refractivity contribution is 6.60. The Morgan fingerprint density at radius 2 is 1.57 bits per heavy atom. The van der Waals surface area contributed by atoms with Crippen LogP contribution in [0, 0.1) is 5.82 Å². The molecule has 0 aromatic heterocycles. The van der Waals surface area contributed by atoms with Crippen LogP contribution >= 0.6 is 0 Å². The van der Waals surface area contributed by atoms with Crippen molar-refractivity contribution in [1.82, 2.24) is 0 Å². The first-order valence-electron chi connectivity index (χ1n) is 7.82. The predicted molar refractivity (Wildman–Crippen MR) is 84.8 cm³/mol. The van der Waals surface area contributed by atoms with Crippen molar-refractivity contribution in [3.63, 3.8) is 0 Å². The van der Waals surface area contributed by atoms with Gasteiger partial charge in [0.1, 0.15) is 5.82 Å². The molecule has 3 nitrogen and oxygen atoms in total. The molecule has 1 aromatic carbocycles. The van der Waals surface area contributed by atoms with Gasteiger partial charge in [0.25, 0.3) is 0 Å². The normalized spacial score (nSPS) is 11.8. The molecule has 1 aromatic rings. The second kappa shape index (κ2) is 10.1. The first-order valence-corrected chi connectivity index (χ1v) is 9.75. The molecule has 1 rings (SSSR count). The number of rotatable bonds is 11. The van der Waals surface area contributed by atoms with Gasteiger partial charge in [0.05, 0.1) is 0 Å². The van der Waals surface area contributed by atoms with Gasteiger partial charge in [-0.3, -0.25) is 0 Å². The Bertz CT molecular complexity index is 384. The van der Waals surface area contributed by atoms with Crippen molar-refractivity contribution in [3.8, 4) is 0 Å². The fourth-order valence-corrected chi connectivity index (χ4v) is 5.05. The van der Waals surface area contributed by atoms with E-state index < -0.39 is 8.80 Å². The van der Waals surface area contributed by atoms with Crippen molar-refractivity contribution in [3.05, 3.63) is 35.6 Å². The van der Waals surface area contributed by atoms with Crippen LogP contribution in [0.3, 0.4) is 0 Å². The minimum Gasteiger partial charge on any atom is -0.374 e. The summed E-state index contributed by atoms with van der Waals surface area (Å²) in [7, 11) is -2.52. The van der Waals surface area contributed by atoms with Crippen LogP contribution in [-0.2, 0) is 19.7 Å². The van der Waals surface area contributed by atoms with Gasteiger partial charge < -0.3 is 13.3 Å². The maximum atomic E-state index is 13.1. The second-order valence-electron chi connectivity index (χ2n) is 4.82. The minimum atomic E-state index is -2.52. The summed E-state index contributed by atoms with van der Waals surface area (Å²) in [5.41, 5.74) is 1.03. The lowest BCUT2D eigenvalue weighted by Crippen LogP contribution is -2.45. The molecule has 0 N–H and O–H groups in total. The zero-order chi connectivity index (χ0) is 15.6. The van der Waals surface area contributed by atoms with Crippen molar-refractivity contribution >= 4 is 8.80 Å². The van der Waals surface area contributed by atoms with Gasteiger partial charge in [-0.1, -0.05) is 12.1 Å². The fraction of sp³-hybridized carbons (Fsp3) is 0.625. The topological polar surface area (TPSA) is 27.7 Å². The first-order chi connectivity index (χ1) is 10.2. The Balaban J connectivity index is 2.45. The summed E-state index contributed by atoms with van der Waals surface area (Å²) in [5, 5.41) is 0. The van der Waals surface area contributed by atoms with Crippen molar-refractivity contribution in [2.45, 2.75) is 46.1 Å². The monoisotopic (exact) mass is 314 g/mol. The quantitative estimate of drug-likeness (QED) is 0.452. The van der Waals surface area contributed by atoms with E-state index in [4.69, 9.17) is 13.3 Å². The van der Waals surface area contributed by atoms with Crippen LogP contribution in [0.2, 0.25) is 6.04 Å². The number of hydrogen-bond acceptors (Lipinski definition) is 3. The zero-order valence-electron chi connectivity index (χ0n) is 13.4. The van der Waals surface area contributed by atoms with Crippen LogP contribution in [0.1, 0.15) is 39.2 Å². The summed E-state index contributed by atoms with van der Waals surface area (Å²) in [6.45, 7) is 7.72. The molecule has 0 atom stereocenters. The van der Waals surface area contributed by atoms with E-state index >= 15 is 0 Å². The molecule has 0 aliphatic carbocycles. The second-order valence-corrected chi connectivity index (χ2v) is 7.55. The minimum absolute atomic E-state index is 0.172. The molecule has 21 heavy (non-hydrogen) atoms. The van der Waals surface area contributed by atoms with E-state index in [0.29, 0.717) is 19.8 Å². The standard InChI is InChI=1S/C16H27FO3Si/c1-4-18-21(19-5-2,20-6-3)13-8-7-10-15-11-9-12-16(17)14-15/h9,11-12,14H,4-8,10,13H2,1-3H3. The van der Waals surface area contributed by atoms with Crippen LogP contribution in [0.4, 0.5) is 4.39 Å². The van der Waals surface area contributed by atoms with Gasteiger partial charge in [0, 0.05) is 25.9 Å². The third-order valence-corrected chi connectivity index (χ3v) is 6.33. The lowest BCUT2D eigenvalue weighted by Gasteiger charge is -2.28. The van der Waals surface area contributed by atoms with Crippen LogP contribution in [0.25, 0.3) is 0 Å². The average Bonchev–Trinajstić information content (AvgIpc) is 2.45. The Morgan fingerprint density at radius 1 is 0.952 bits per heavy atom. The van der Waals surface area contributed by atoms with Gasteiger partial charge >= 0.3 is 8.80 Å². The van der Waals surface area contributed by atoms with E-state index in [9.17, 15) is 4.39 Å². The summed E-state index contributed by atoms with van der Waals surface area (Å²) in [4.78, 5) is 0. The molecule has 0 fully saturated rings. The number of aryl methyl sites for hydroxylation is 1. The van der Waals surface area contributed by atoms with E-state index in [0.717, 1.165) is 30.9 Å². The number of unbranched alkanes of at least 4 members (excludes halogenated alkanes) is 1. The molecule has 0 heterocycles. The highest BCUT2D eigenvalue weighted by Gasteiger charge is 2.39. The van der Waals surface area contributed by atoms with E-state index in [1.807, 2.05) is 26.8 Å². The third kappa shape index (κ3) is 6.69. The Morgan fingerprint density at radius 3 is 2.10 bits per heavy atom. The lowest BCUT2D eigenvalue weighted by molar-refractivity contribution is 0.0707. The predicted octanol–water partition coefficient (Wildman–Crippen LogP) is 4.20. The molecule has 0 aliphatic heterocycles. The Hall–Kier alpha value is -0.753. The van der Waals surface area contributed by atoms with Crippen LogP contribution in [0.15, 0.2) is 24.3 Å². The van der Waals surface area contributed by atoms with Crippen LogP contribution in [-0.4, -0.2) is 28.6 Å². The van der Waals surface area contributed by atoms with Crippen molar-refractivity contribution < 1.29 is 17.7 Å². The first kappa shape index (κ1) is 18.3. The Kier molecular flexibility index (Phi) is 8.76. The van der Waals surface area contributed by atoms with Gasteiger partial charge in [-0.15, -0.1) is 0 Å². The summed E-state index contributed by atoms with van der Waals surface area (Å²) >= 11 is 0. The lowest BCUT2D eigenvalue weighted by atomic mass is 10.1. The number of benzene rings is 1. The summed E-state index contributed by atoms with van der Waals surface area (Å²) < 4.78 is 30.6. The van der Waals surface area contributed by atoms with Gasteiger partial charge in [0.15, 0.2) is 0 Å². The SMILES string of the molecule is CCO[Si](CCCCc1cccc(F)c1)(OCC)OCC. The molecule has 0 aliphatic rings. The summed E-state index contributed by atoms with van der Waals surface area (Å²) in [5.74, 6) is -0.172. The summed E-state index contributed by atoms with van der Waals surface area (Å²) in [6.07, 6.45) is 2.81. The van der Waals surface area contributed by atoms with Gasteiger partial charge in [-0.05, 0) is 57.7 Å². The largest absolute Gasteiger partial charge is 0.500 e.